The summed E-state index contributed by atoms with van der Waals surface area (Å²) in [7, 11) is 0. The van der Waals surface area contributed by atoms with Gasteiger partial charge in [-0.2, -0.15) is 0 Å². The van der Waals surface area contributed by atoms with Gasteiger partial charge in [0.1, 0.15) is 5.76 Å². The Hall–Kier alpha value is -3.19. The molecule has 0 amide bonds. The molecule has 0 saturated carbocycles. The van der Waals surface area contributed by atoms with Gasteiger partial charge in [-0.1, -0.05) is 29.4 Å². The van der Waals surface area contributed by atoms with Crippen molar-refractivity contribution in [1.82, 2.24) is 25.3 Å². The standard InChI is InChI=1S/C24H30N6O/c1-3-25-24(30-13-11-29(12-14-30)18-22-15-19(2)31-28-22)27-17-20-7-6-8-21(16-20)23-9-4-5-10-26-23/h4-10,15-16H,3,11-14,17-18H2,1-2H3,(H,25,27). The van der Waals surface area contributed by atoms with E-state index in [-0.39, 0.29) is 0 Å². The van der Waals surface area contributed by atoms with Crippen molar-refractivity contribution in [3.8, 4) is 11.3 Å². The number of hydrogen-bond donors (Lipinski definition) is 1. The first-order valence-corrected chi connectivity index (χ1v) is 10.9. The van der Waals surface area contributed by atoms with Crippen LogP contribution in [0.3, 0.4) is 0 Å². The second-order valence-electron chi connectivity index (χ2n) is 7.78. The molecule has 1 saturated heterocycles. The highest BCUT2D eigenvalue weighted by Crippen LogP contribution is 2.18. The lowest BCUT2D eigenvalue weighted by atomic mass is 10.1. The lowest BCUT2D eigenvalue weighted by Crippen LogP contribution is -2.52. The summed E-state index contributed by atoms with van der Waals surface area (Å²) in [5, 5.41) is 7.57. The number of rotatable bonds is 6. The molecule has 0 spiro atoms. The number of nitrogens with zero attached hydrogens (tertiary/aromatic N) is 5. The normalized spacial score (nSPS) is 15.3. The number of aliphatic imine (C=N–C) groups is 1. The first-order chi connectivity index (χ1) is 15.2. The zero-order valence-electron chi connectivity index (χ0n) is 18.3. The molecule has 0 unspecified atom stereocenters. The van der Waals surface area contributed by atoms with E-state index in [0.717, 1.165) is 67.9 Å². The van der Waals surface area contributed by atoms with Crippen LogP contribution < -0.4 is 5.32 Å². The van der Waals surface area contributed by atoms with Crippen LogP contribution in [0.4, 0.5) is 0 Å². The number of aryl methyl sites for hydroxylation is 1. The minimum atomic E-state index is 0.640. The fraction of sp³-hybridized carbons (Fsp3) is 0.375. The average molecular weight is 419 g/mol. The second-order valence-corrected chi connectivity index (χ2v) is 7.78. The molecule has 1 N–H and O–H groups in total. The molecule has 1 aliphatic rings. The molecule has 0 radical (unpaired) electrons. The van der Waals surface area contributed by atoms with Crippen LogP contribution in [-0.2, 0) is 13.1 Å². The van der Waals surface area contributed by atoms with Crippen molar-refractivity contribution in [3.05, 3.63) is 71.7 Å². The third-order valence-electron chi connectivity index (χ3n) is 5.37. The Kier molecular flexibility index (Phi) is 6.94. The number of aromatic nitrogens is 2. The second kappa shape index (κ2) is 10.2. The third-order valence-corrected chi connectivity index (χ3v) is 5.37. The summed E-state index contributed by atoms with van der Waals surface area (Å²) < 4.78 is 5.19. The summed E-state index contributed by atoms with van der Waals surface area (Å²) in [5.41, 5.74) is 4.28. The van der Waals surface area contributed by atoms with E-state index in [1.807, 2.05) is 37.4 Å². The Morgan fingerprint density at radius 3 is 2.68 bits per heavy atom. The van der Waals surface area contributed by atoms with Crippen LogP contribution in [0, 0.1) is 6.92 Å². The highest BCUT2D eigenvalue weighted by molar-refractivity contribution is 5.80. The molecular weight excluding hydrogens is 388 g/mol. The Labute approximate surface area is 183 Å². The van der Waals surface area contributed by atoms with Crippen LogP contribution in [0.15, 0.2) is 64.2 Å². The van der Waals surface area contributed by atoms with Crippen molar-refractivity contribution >= 4 is 5.96 Å². The minimum Gasteiger partial charge on any atom is -0.361 e. The molecule has 2 aromatic heterocycles. The summed E-state index contributed by atoms with van der Waals surface area (Å²) in [6.45, 7) is 10.2. The van der Waals surface area contributed by atoms with E-state index >= 15 is 0 Å². The maximum Gasteiger partial charge on any atom is 0.194 e. The van der Waals surface area contributed by atoms with Crippen molar-refractivity contribution in [2.45, 2.75) is 26.9 Å². The Bertz CT molecular complexity index is 992. The molecule has 162 valence electrons. The quantitative estimate of drug-likeness (QED) is 0.489. The van der Waals surface area contributed by atoms with E-state index in [2.05, 4.69) is 56.4 Å². The van der Waals surface area contributed by atoms with Gasteiger partial charge in [-0.05, 0) is 37.6 Å². The first-order valence-electron chi connectivity index (χ1n) is 10.9. The van der Waals surface area contributed by atoms with E-state index in [0.29, 0.717) is 6.54 Å². The molecule has 3 aromatic rings. The maximum absolute atomic E-state index is 5.19. The molecule has 1 fully saturated rings. The van der Waals surface area contributed by atoms with Crippen molar-refractivity contribution in [1.29, 1.82) is 0 Å². The van der Waals surface area contributed by atoms with Gasteiger partial charge in [0.15, 0.2) is 5.96 Å². The SMILES string of the molecule is CCNC(=NCc1cccc(-c2ccccn2)c1)N1CCN(Cc2cc(C)on2)CC1. The van der Waals surface area contributed by atoms with Crippen molar-refractivity contribution < 1.29 is 4.52 Å². The van der Waals surface area contributed by atoms with Gasteiger partial charge in [-0.3, -0.25) is 9.88 Å². The number of pyridine rings is 1. The number of piperazine rings is 1. The smallest absolute Gasteiger partial charge is 0.194 e. The average Bonchev–Trinajstić information content (AvgIpc) is 3.22. The van der Waals surface area contributed by atoms with Gasteiger partial charge in [-0.25, -0.2) is 4.99 Å². The topological polar surface area (TPSA) is 69.8 Å². The predicted octanol–water partition coefficient (Wildman–Crippen LogP) is 3.33. The molecule has 0 bridgehead atoms. The van der Waals surface area contributed by atoms with Crippen molar-refractivity contribution in [3.63, 3.8) is 0 Å². The molecule has 31 heavy (non-hydrogen) atoms. The van der Waals surface area contributed by atoms with Crippen LogP contribution in [0.1, 0.15) is 23.9 Å². The monoisotopic (exact) mass is 418 g/mol. The molecule has 7 heteroatoms. The van der Waals surface area contributed by atoms with Crippen LogP contribution >= 0.6 is 0 Å². The van der Waals surface area contributed by atoms with Gasteiger partial charge in [-0.15, -0.1) is 0 Å². The molecule has 0 aliphatic carbocycles. The molecule has 1 aromatic carbocycles. The number of hydrogen-bond acceptors (Lipinski definition) is 5. The van der Waals surface area contributed by atoms with Gasteiger partial charge in [0, 0.05) is 57.1 Å². The highest BCUT2D eigenvalue weighted by atomic mass is 16.5. The van der Waals surface area contributed by atoms with E-state index in [1.54, 1.807) is 0 Å². The van der Waals surface area contributed by atoms with E-state index in [1.165, 1.54) is 5.56 Å². The van der Waals surface area contributed by atoms with Crippen LogP contribution in [0.5, 0.6) is 0 Å². The Balaban J connectivity index is 1.38. The predicted molar refractivity (Wildman–Crippen MR) is 123 cm³/mol. The number of nitrogens with one attached hydrogen (secondary N) is 1. The maximum atomic E-state index is 5.19. The molecule has 7 nitrogen and oxygen atoms in total. The fourth-order valence-corrected chi connectivity index (χ4v) is 3.79. The number of guanidine groups is 1. The van der Waals surface area contributed by atoms with E-state index in [4.69, 9.17) is 9.52 Å². The molecule has 3 heterocycles. The summed E-state index contributed by atoms with van der Waals surface area (Å²) in [5.74, 6) is 1.84. The van der Waals surface area contributed by atoms with E-state index < -0.39 is 0 Å². The Morgan fingerprint density at radius 2 is 1.97 bits per heavy atom. The van der Waals surface area contributed by atoms with Crippen LogP contribution in [0.25, 0.3) is 11.3 Å². The fourth-order valence-electron chi connectivity index (χ4n) is 3.79. The summed E-state index contributed by atoms with van der Waals surface area (Å²) >= 11 is 0. The summed E-state index contributed by atoms with van der Waals surface area (Å²) in [4.78, 5) is 14.1. The Morgan fingerprint density at radius 1 is 1.10 bits per heavy atom. The highest BCUT2D eigenvalue weighted by Gasteiger charge is 2.20. The molecule has 1 aliphatic heterocycles. The van der Waals surface area contributed by atoms with Gasteiger partial charge in [0.25, 0.3) is 0 Å². The summed E-state index contributed by atoms with van der Waals surface area (Å²) in [6.07, 6.45) is 1.83. The van der Waals surface area contributed by atoms with Gasteiger partial charge in [0.05, 0.1) is 17.9 Å². The minimum absolute atomic E-state index is 0.640. The zero-order chi connectivity index (χ0) is 21.5. The first kappa shape index (κ1) is 21.1. The van der Waals surface area contributed by atoms with Crippen LogP contribution in [-0.4, -0.2) is 58.6 Å². The number of benzene rings is 1. The molecular formula is C24H30N6O. The van der Waals surface area contributed by atoms with Crippen LogP contribution in [0.2, 0.25) is 0 Å². The third kappa shape index (κ3) is 5.70. The molecule has 4 rings (SSSR count). The van der Waals surface area contributed by atoms with Gasteiger partial charge >= 0.3 is 0 Å². The van der Waals surface area contributed by atoms with Gasteiger partial charge in [0.2, 0.25) is 0 Å². The van der Waals surface area contributed by atoms with Gasteiger partial charge < -0.3 is 14.7 Å². The lowest BCUT2D eigenvalue weighted by molar-refractivity contribution is 0.169. The van der Waals surface area contributed by atoms with Crippen molar-refractivity contribution in [2.24, 2.45) is 4.99 Å². The van der Waals surface area contributed by atoms with E-state index in [9.17, 15) is 0 Å². The largest absolute Gasteiger partial charge is 0.361 e. The lowest BCUT2D eigenvalue weighted by Gasteiger charge is -2.36. The zero-order valence-corrected chi connectivity index (χ0v) is 18.3. The molecule has 0 atom stereocenters. The van der Waals surface area contributed by atoms with Crippen molar-refractivity contribution in [2.75, 3.05) is 32.7 Å². The summed E-state index contributed by atoms with van der Waals surface area (Å²) in [6, 6.07) is 16.5.